The number of fused-ring (bicyclic) bond motifs is 9. The predicted molar refractivity (Wildman–Crippen MR) is 237 cm³/mol. The molecule has 0 radical (unpaired) electrons. The lowest BCUT2D eigenvalue weighted by molar-refractivity contribution is 0.669. The Hall–Kier alpha value is -7.42. The second-order valence-corrected chi connectivity index (χ2v) is 14.5. The minimum absolute atomic E-state index is 0.871. The maximum Gasteiger partial charge on any atom is 0.159 e. The van der Waals surface area contributed by atoms with Crippen LogP contribution in [0.4, 0.5) is 17.1 Å². The van der Waals surface area contributed by atoms with Crippen molar-refractivity contribution in [2.24, 2.45) is 0 Å². The van der Waals surface area contributed by atoms with Crippen LogP contribution in [0.5, 0.6) is 0 Å². The molecule has 0 saturated carbocycles. The molecule has 0 aliphatic heterocycles. The summed E-state index contributed by atoms with van der Waals surface area (Å²) in [5.41, 5.74) is 12.0. The van der Waals surface area contributed by atoms with Gasteiger partial charge in [-0.15, -0.1) is 0 Å². The first kappa shape index (κ1) is 32.0. The summed E-state index contributed by atoms with van der Waals surface area (Å²) in [7, 11) is 0. The summed E-state index contributed by atoms with van der Waals surface area (Å²) in [6.45, 7) is 0. The van der Waals surface area contributed by atoms with Gasteiger partial charge in [0.25, 0.3) is 0 Å². The molecule has 11 aromatic rings. The number of benzene rings is 10. The van der Waals surface area contributed by atoms with E-state index in [0.717, 1.165) is 44.6 Å². The van der Waals surface area contributed by atoms with Crippen molar-refractivity contribution >= 4 is 71.3 Å². The van der Waals surface area contributed by atoms with E-state index in [1.807, 2.05) is 12.1 Å². The largest absolute Gasteiger partial charge is 0.454 e. The fourth-order valence-corrected chi connectivity index (χ4v) is 8.51. The van der Waals surface area contributed by atoms with E-state index >= 15 is 0 Å². The monoisotopic (exact) mass is 713 g/mol. The molecule has 0 atom stereocenters. The summed E-state index contributed by atoms with van der Waals surface area (Å²) in [5.74, 6) is 0. The SMILES string of the molecule is c1ccc(-c2ccc(N(c3ccc(-c4ccc(-c5ccc6c7ccccc7c7ccccc7c6c5)cc4)cc3)c3cccc4c3oc3ccccc34)cc2)cc1. The molecule has 11 rings (SSSR count). The number of furan rings is 1. The van der Waals surface area contributed by atoms with Crippen LogP contribution in [-0.2, 0) is 0 Å². The Kier molecular flexibility index (Phi) is 7.53. The Morgan fingerprint density at radius 3 is 1.27 bits per heavy atom. The molecule has 0 unspecified atom stereocenters. The Labute approximate surface area is 325 Å². The molecule has 0 spiro atoms. The van der Waals surface area contributed by atoms with Crippen LogP contribution in [0.15, 0.2) is 217 Å². The van der Waals surface area contributed by atoms with Crippen molar-refractivity contribution in [2.75, 3.05) is 4.90 Å². The number of hydrogen-bond donors (Lipinski definition) is 0. The highest BCUT2D eigenvalue weighted by atomic mass is 16.3. The Morgan fingerprint density at radius 2 is 0.679 bits per heavy atom. The third-order valence-corrected chi connectivity index (χ3v) is 11.3. The fraction of sp³-hybridized carbons (Fsp3) is 0. The molecular weight excluding hydrogens is 679 g/mol. The summed E-state index contributed by atoms with van der Waals surface area (Å²) in [6.07, 6.45) is 0. The summed E-state index contributed by atoms with van der Waals surface area (Å²) in [4.78, 5) is 2.30. The second-order valence-electron chi connectivity index (χ2n) is 14.5. The van der Waals surface area contributed by atoms with Crippen molar-refractivity contribution in [3.63, 3.8) is 0 Å². The van der Waals surface area contributed by atoms with E-state index in [1.54, 1.807) is 0 Å². The number of hydrogen-bond acceptors (Lipinski definition) is 2. The molecule has 56 heavy (non-hydrogen) atoms. The Balaban J connectivity index is 0.959. The van der Waals surface area contributed by atoms with Crippen molar-refractivity contribution in [3.05, 3.63) is 212 Å². The van der Waals surface area contributed by atoms with Crippen molar-refractivity contribution in [1.29, 1.82) is 0 Å². The van der Waals surface area contributed by atoms with Gasteiger partial charge in [-0.3, -0.25) is 0 Å². The van der Waals surface area contributed by atoms with Gasteiger partial charge in [0, 0.05) is 22.1 Å². The van der Waals surface area contributed by atoms with E-state index in [0.29, 0.717) is 0 Å². The Morgan fingerprint density at radius 1 is 0.268 bits per heavy atom. The third-order valence-electron chi connectivity index (χ3n) is 11.3. The van der Waals surface area contributed by atoms with Crippen LogP contribution in [0.25, 0.3) is 87.6 Å². The van der Waals surface area contributed by atoms with Gasteiger partial charge in [0.15, 0.2) is 5.58 Å². The van der Waals surface area contributed by atoms with Crippen molar-refractivity contribution < 1.29 is 4.42 Å². The molecule has 0 bridgehead atoms. The molecule has 1 aromatic heterocycles. The molecule has 2 heteroatoms. The standard InChI is InChI=1S/C54H35NO/c1-2-11-36(12-3-1)38-25-30-42(31-26-38)55(52-19-10-18-50-49-17-8-9-20-53(49)56-54(50)52)43-32-27-39(28-33-43)37-21-23-40(24-22-37)41-29-34-48-46-15-5-4-13-44(46)45-14-6-7-16-47(45)51(48)35-41/h1-35H. The fourth-order valence-electron chi connectivity index (χ4n) is 8.51. The van der Waals surface area contributed by atoms with Crippen LogP contribution < -0.4 is 4.90 Å². The van der Waals surface area contributed by atoms with Crippen LogP contribution in [-0.4, -0.2) is 0 Å². The lowest BCUT2D eigenvalue weighted by atomic mass is 9.92. The molecule has 0 aliphatic rings. The van der Waals surface area contributed by atoms with Gasteiger partial charge in [-0.25, -0.2) is 0 Å². The lowest BCUT2D eigenvalue weighted by Gasteiger charge is -2.26. The molecule has 1 heterocycles. The number of anilines is 3. The topological polar surface area (TPSA) is 16.4 Å². The molecule has 0 saturated heterocycles. The van der Waals surface area contributed by atoms with Gasteiger partial charge in [-0.1, -0.05) is 170 Å². The average Bonchev–Trinajstić information content (AvgIpc) is 3.67. The second kappa shape index (κ2) is 13.2. The maximum atomic E-state index is 6.56. The van der Waals surface area contributed by atoms with E-state index in [2.05, 4.69) is 205 Å². The van der Waals surface area contributed by atoms with Gasteiger partial charge in [0.2, 0.25) is 0 Å². The zero-order valence-electron chi connectivity index (χ0n) is 30.6. The highest BCUT2D eigenvalue weighted by Gasteiger charge is 2.19. The van der Waals surface area contributed by atoms with Crippen LogP contribution in [0.3, 0.4) is 0 Å². The van der Waals surface area contributed by atoms with Crippen LogP contribution in [0, 0.1) is 0 Å². The average molecular weight is 714 g/mol. The first-order valence-corrected chi connectivity index (χ1v) is 19.2. The van der Waals surface area contributed by atoms with E-state index in [-0.39, 0.29) is 0 Å². The number of nitrogens with zero attached hydrogens (tertiary/aromatic N) is 1. The van der Waals surface area contributed by atoms with Gasteiger partial charge < -0.3 is 9.32 Å². The normalized spacial score (nSPS) is 11.6. The first-order chi connectivity index (χ1) is 27.8. The summed E-state index contributed by atoms with van der Waals surface area (Å²) >= 11 is 0. The summed E-state index contributed by atoms with van der Waals surface area (Å²) in [6, 6.07) is 76.3. The van der Waals surface area contributed by atoms with Crippen molar-refractivity contribution in [2.45, 2.75) is 0 Å². The van der Waals surface area contributed by atoms with Crippen molar-refractivity contribution in [1.82, 2.24) is 0 Å². The minimum Gasteiger partial charge on any atom is -0.454 e. The van der Waals surface area contributed by atoms with Gasteiger partial charge in [0.05, 0.1) is 5.69 Å². The molecule has 262 valence electrons. The van der Waals surface area contributed by atoms with E-state index < -0.39 is 0 Å². The maximum absolute atomic E-state index is 6.56. The van der Waals surface area contributed by atoms with Gasteiger partial charge >= 0.3 is 0 Å². The molecule has 0 aliphatic carbocycles. The van der Waals surface area contributed by atoms with Crippen LogP contribution in [0.1, 0.15) is 0 Å². The summed E-state index contributed by atoms with van der Waals surface area (Å²) < 4.78 is 6.56. The molecule has 2 nitrogen and oxygen atoms in total. The summed E-state index contributed by atoms with van der Waals surface area (Å²) in [5, 5.41) is 9.98. The van der Waals surface area contributed by atoms with Crippen molar-refractivity contribution in [3.8, 4) is 33.4 Å². The van der Waals surface area contributed by atoms with Gasteiger partial charge in [-0.05, 0) is 108 Å². The zero-order chi connectivity index (χ0) is 37.0. The minimum atomic E-state index is 0.871. The molecule has 10 aromatic carbocycles. The van der Waals surface area contributed by atoms with Gasteiger partial charge in [-0.2, -0.15) is 0 Å². The third kappa shape index (κ3) is 5.34. The quantitative estimate of drug-likeness (QED) is 0.160. The highest BCUT2D eigenvalue weighted by Crippen LogP contribution is 2.43. The first-order valence-electron chi connectivity index (χ1n) is 19.2. The molecule has 0 N–H and O–H groups in total. The van der Waals surface area contributed by atoms with Crippen LogP contribution >= 0.6 is 0 Å². The zero-order valence-corrected chi connectivity index (χ0v) is 30.6. The smallest absolute Gasteiger partial charge is 0.159 e. The van der Waals surface area contributed by atoms with E-state index in [1.165, 1.54) is 60.1 Å². The van der Waals surface area contributed by atoms with E-state index in [4.69, 9.17) is 4.42 Å². The number of para-hydroxylation sites is 2. The Bertz CT molecular complexity index is 3180. The number of rotatable bonds is 6. The molecule has 0 fully saturated rings. The van der Waals surface area contributed by atoms with E-state index in [9.17, 15) is 0 Å². The van der Waals surface area contributed by atoms with Crippen LogP contribution in [0.2, 0.25) is 0 Å². The predicted octanol–water partition coefficient (Wildman–Crippen LogP) is 15.5. The van der Waals surface area contributed by atoms with Gasteiger partial charge in [0.1, 0.15) is 5.58 Å². The lowest BCUT2D eigenvalue weighted by Crippen LogP contribution is -2.10. The molecular formula is C54H35NO. The molecule has 0 amide bonds. The highest BCUT2D eigenvalue weighted by molar-refractivity contribution is 6.25.